The van der Waals surface area contributed by atoms with Gasteiger partial charge in [0, 0.05) is 11.4 Å². The normalized spacial score (nSPS) is 9.81. The van der Waals surface area contributed by atoms with E-state index in [0.29, 0.717) is 13.0 Å². The molecule has 0 unspecified atom stereocenters. The Morgan fingerprint density at radius 3 is 2.44 bits per heavy atom. The molecular weight excluding hydrogens is 226 g/mol. The zero-order valence-corrected chi connectivity index (χ0v) is 9.71. The van der Waals surface area contributed by atoms with Crippen LogP contribution in [-0.4, -0.2) is 29.8 Å². The standard InChI is InChI=1S/C11H13NO3S/c1-16-9-4-2-8(3-5-9)6-7-12-10(13)11(14)15/h2-5H,6-7H2,1H3,(H,12,13)(H,14,15). The van der Waals surface area contributed by atoms with Crippen molar-refractivity contribution in [2.45, 2.75) is 11.3 Å². The van der Waals surface area contributed by atoms with Crippen LogP contribution in [-0.2, 0) is 16.0 Å². The fraction of sp³-hybridized carbons (Fsp3) is 0.273. The summed E-state index contributed by atoms with van der Waals surface area (Å²) < 4.78 is 0. The second-order valence-corrected chi connectivity index (χ2v) is 4.04. The smallest absolute Gasteiger partial charge is 0.394 e. The van der Waals surface area contributed by atoms with Crippen LogP contribution in [0.3, 0.4) is 0 Å². The minimum absolute atomic E-state index is 0.337. The molecule has 0 heterocycles. The molecule has 0 aromatic heterocycles. The number of carboxylic acid groups (broad SMARTS) is 1. The first-order chi connectivity index (χ1) is 7.63. The fourth-order valence-electron chi connectivity index (χ4n) is 1.19. The summed E-state index contributed by atoms with van der Waals surface area (Å²) in [6, 6.07) is 7.94. The van der Waals surface area contributed by atoms with E-state index >= 15 is 0 Å². The van der Waals surface area contributed by atoms with Crippen LogP contribution in [0, 0.1) is 0 Å². The van der Waals surface area contributed by atoms with E-state index in [1.54, 1.807) is 11.8 Å². The Hall–Kier alpha value is -1.49. The average molecular weight is 239 g/mol. The average Bonchev–Trinajstić information content (AvgIpc) is 2.29. The van der Waals surface area contributed by atoms with Crippen LogP contribution >= 0.6 is 11.8 Å². The Balaban J connectivity index is 2.37. The number of aliphatic carboxylic acids is 1. The molecule has 5 heteroatoms. The van der Waals surface area contributed by atoms with Crippen molar-refractivity contribution in [1.82, 2.24) is 5.32 Å². The highest BCUT2D eigenvalue weighted by Crippen LogP contribution is 2.14. The van der Waals surface area contributed by atoms with E-state index in [1.807, 2.05) is 30.5 Å². The molecule has 0 radical (unpaired) electrons. The summed E-state index contributed by atoms with van der Waals surface area (Å²) in [5.74, 6) is -2.40. The van der Waals surface area contributed by atoms with Gasteiger partial charge in [0.25, 0.3) is 0 Å². The van der Waals surface area contributed by atoms with Crippen LogP contribution < -0.4 is 5.32 Å². The number of rotatable bonds is 4. The number of thioether (sulfide) groups is 1. The van der Waals surface area contributed by atoms with Crippen molar-refractivity contribution in [2.75, 3.05) is 12.8 Å². The Kier molecular flexibility index (Phi) is 4.85. The maximum absolute atomic E-state index is 10.7. The molecule has 1 amide bonds. The van der Waals surface area contributed by atoms with Crippen molar-refractivity contribution in [3.05, 3.63) is 29.8 Å². The summed E-state index contributed by atoms with van der Waals surface area (Å²) in [7, 11) is 0. The molecule has 1 rings (SSSR count). The van der Waals surface area contributed by atoms with Crippen molar-refractivity contribution in [2.24, 2.45) is 0 Å². The Morgan fingerprint density at radius 1 is 1.31 bits per heavy atom. The lowest BCUT2D eigenvalue weighted by molar-refractivity contribution is -0.150. The predicted molar refractivity (Wildman–Crippen MR) is 62.6 cm³/mol. The molecule has 16 heavy (non-hydrogen) atoms. The number of hydrogen-bond acceptors (Lipinski definition) is 3. The lowest BCUT2D eigenvalue weighted by atomic mass is 10.1. The minimum Gasteiger partial charge on any atom is -0.474 e. The van der Waals surface area contributed by atoms with Gasteiger partial charge >= 0.3 is 11.9 Å². The molecule has 1 aromatic carbocycles. The van der Waals surface area contributed by atoms with E-state index < -0.39 is 11.9 Å². The third-order valence-corrected chi connectivity index (χ3v) is 2.80. The van der Waals surface area contributed by atoms with Crippen LogP contribution in [0.4, 0.5) is 0 Å². The van der Waals surface area contributed by atoms with Gasteiger partial charge < -0.3 is 10.4 Å². The molecular formula is C11H13NO3S. The maximum atomic E-state index is 10.7. The Bertz CT molecular complexity index is 375. The fourth-order valence-corrected chi connectivity index (χ4v) is 1.60. The van der Waals surface area contributed by atoms with E-state index in [-0.39, 0.29) is 0 Å². The third kappa shape index (κ3) is 3.94. The van der Waals surface area contributed by atoms with E-state index in [4.69, 9.17) is 5.11 Å². The molecule has 0 aliphatic carbocycles. The van der Waals surface area contributed by atoms with Crippen molar-refractivity contribution < 1.29 is 14.7 Å². The highest BCUT2D eigenvalue weighted by molar-refractivity contribution is 7.98. The van der Waals surface area contributed by atoms with Crippen LogP contribution in [0.25, 0.3) is 0 Å². The second kappa shape index (κ2) is 6.17. The van der Waals surface area contributed by atoms with Gasteiger partial charge in [-0.3, -0.25) is 4.79 Å². The lowest BCUT2D eigenvalue weighted by Gasteiger charge is -2.03. The Labute approximate surface area is 98.0 Å². The molecule has 0 aliphatic heterocycles. The summed E-state index contributed by atoms with van der Waals surface area (Å²) in [6.07, 6.45) is 2.63. The van der Waals surface area contributed by atoms with Crippen LogP contribution in [0.5, 0.6) is 0 Å². The van der Waals surface area contributed by atoms with Gasteiger partial charge in [-0.05, 0) is 30.4 Å². The number of hydrogen-bond donors (Lipinski definition) is 2. The van der Waals surface area contributed by atoms with Gasteiger partial charge in [0.1, 0.15) is 0 Å². The molecule has 0 saturated heterocycles. The number of carbonyl (C=O) groups excluding carboxylic acids is 1. The van der Waals surface area contributed by atoms with Gasteiger partial charge in [-0.15, -0.1) is 11.8 Å². The third-order valence-electron chi connectivity index (χ3n) is 2.05. The largest absolute Gasteiger partial charge is 0.474 e. The molecule has 0 fully saturated rings. The van der Waals surface area contributed by atoms with Crippen LogP contribution in [0.15, 0.2) is 29.2 Å². The zero-order chi connectivity index (χ0) is 12.0. The minimum atomic E-state index is -1.45. The van der Waals surface area contributed by atoms with Gasteiger partial charge in [0.05, 0.1) is 0 Å². The van der Waals surface area contributed by atoms with Crippen LogP contribution in [0.1, 0.15) is 5.56 Å². The highest BCUT2D eigenvalue weighted by Gasteiger charge is 2.08. The van der Waals surface area contributed by atoms with Gasteiger partial charge in [-0.2, -0.15) is 0 Å². The predicted octanol–water partition coefficient (Wildman–Crippen LogP) is 1.15. The van der Waals surface area contributed by atoms with Gasteiger partial charge in [0.15, 0.2) is 0 Å². The zero-order valence-electron chi connectivity index (χ0n) is 8.90. The maximum Gasteiger partial charge on any atom is 0.394 e. The quantitative estimate of drug-likeness (QED) is 0.611. The molecule has 0 spiro atoms. The van der Waals surface area contributed by atoms with E-state index in [9.17, 15) is 9.59 Å². The number of carboxylic acids is 1. The summed E-state index contributed by atoms with van der Waals surface area (Å²) in [5, 5.41) is 10.6. The van der Waals surface area contributed by atoms with E-state index in [0.717, 1.165) is 5.56 Å². The first-order valence-corrected chi connectivity index (χ1v) is 6.00. The molecule has 4 nitrogen and oxygen atoms in total. The molecule has 1 aromatic rings. The summed E-state index contributed by atoms with van der Waals surface area (Å²) in [6.45, 7) is 0.337. The molecule has 0 atom stereocenters. The van der Waals surface area contributed by atoms with Crippen molar-refractivity contribution in [3.8, 4) is 0 Å². The molecule has 0 saturated carbocycles. The lowest BCUT2D eigenvalue weighted by Crippen LogP contribution is -2.32. The highest BCUT2D eigenvalue weighted by atomic mass is 32.2. The molecule has 2 N–H and O–H groups in total. The number of amides is 1. The van der Waals surface area contributed by atoms with Gasteiger partial charge in [-0.25, -0.2) is 4.79 Å². The van der Waals surface area contributed by atoms with Crippen LogP contribution in [0.2, 0.25) is 0 Å². The topological polar surface area (TPSA) is 66.4 Å². The molecule has 0 aliphatic rings. The molecule has 0 bridgehead atoms. The van der Waals surface area contributed by atoms with Gasteiger partial charge in [0.2, 0.25) is 0 Å². The number of nitrogens with one attached hydrogen (secondary N) is 1. The van der Waals surface area contributed by atoms with E-state index in [2.05, 4.69) is 5.32 Å². The first-order valence-electron chi connectivity index (χ1n) is 4.77. The molecule has 86 valence electrons. The SMILES string of the molecule is CSc1ccc(CCNC(=O)C(=O)O)cc1. The van der Waals surface area contributed by atoms with Gasteiger partial charge in [-0.1, -0.05) is 12.1 Å². The second-order valence-electron chi connectivity index (χ2n) is 3.16. The van der Waals surface area contributed by atoms with Crippen molar-refractivity contribution in [3.63, 3.8) is 0 Å². The summed E-state index contributed by atoms with van der Waals surface area (Å²) >= 11 is 1.66. The number of benzene rings is 1. The number of carbonyl (C=O) groups is 2. The summed E-state index contributed by atoms with van der Waals surface area (Å²) in [5.41, 5.74) is 1.07. The van der Waals surface area contributed by atoms with E-state index in [1.165, 1.54) is 4.90 Å². The van der Waals surface area contributed by atoms with Crippen molar-refractivity contribution >= 4 is 23.6 Å². The first kappa shape index (κ1) is 12.6. The Morgan fingerprint density at radius 2 is 1.94 bits per heavy atom. The monoisotopic (exact) mass is 239 g/mol. The van der Waals surface area contributed by atoms with Crippen molar-refractivity contribution in [1.29, 1.82) is 0 Å². The summed E-state index contributed by atoms with van der Waals surface area (Å²) in [4.78, 5) is 22.1.